The standard InChI is InChI=1S/C10H17N3O3/c14-9-7-8(10(15)12-9)11-1-2-13-3-5-16-6-4-13/h8,11H,1-7H2,(H,12,14,15). The second kappa shape index (κ2) is 5.38. The van der Waals surface area contributed by atoms with Crippen molar-refractivity contribution in [1.29, 1.82) is 0 Å². The first kappa shape index (κ1) is 11.5. The molecule has 90 valence electrons. The molecule has 1 atom stereocenters. The average molecular weight is 227 g/mol. The molecule has 2 N–H and O–H groups in total. The van der Waals surface area contributed by atoms with E-state index in [0.717, 1.165) is 39.4 Å². The molecule has 2 rings (SSSR count). The summed E-state index contributed by atoms with van der Waals surface area (Å²) in [5.74, 6) is -0.388. The molecule has 2 saturated heterocycles. The van der Waals surface area contributed by atoms with E-state index < -0.39 is 0 Å². The average Bonchev–Trinajstić information content (AvgIpc) is 2.59. The second-order valence-corrected chi connectivity index (χ2v) is 4.08. The molecule has 1 unspecified atom stereocenters. The van der Waals surface area contributed by atoms with E-state index in [2.05, 4.69) is 15.5 Å². The Labute approximate surface area is 94.3 Å². The third kappa shape index (κ3) is 3.01. The van der Waals surface area contributed by atoms with Crippen LogP contribution in [0.15, 0.2) is 0 Å². The lowest BCUT2D eigenvalue weighted by molar-refractivity contribution is -0.125. The predicted octanol–water partition coefficient (Wildman–Crippen LogP) is -1.68. The molecule has 0 bridgehead atoms. The maximum Gasteiger partial charge on any atom is 0.244 e. The number of rotatable bonds is 4. The van der Waals surface area contributed by atoms with Gasteiger partial charge in [-0.1, -0.05) is 0 Å². The summed E-state index contributed by atoms with van der Waals surface area (Å²) < 4.78 is 5.24. The van der Waals surface area contributed by atoms with Crippen LogP contribution in [0.4, 0.5) is 0 Å². The number of carbonyl (C=O) groups is 2. The molecular formula is C10H17N3O3. The van der Waals surface area contributed by atoms with Crippen LogP contribution in [-0.2, 0) is 14.3 Å². The third-order valence-electron chi connectivity index (χ3n) is 2.89. The van der Waals surface area contributed by atoms with Crippen molar-refractivity contribution in [3.63, 3.8) is 0 Å². The van der Waals surface area contributed by atoms with Crippen molar-refractivity contribution in [3.05, 3.63) is 0 Å². The van der Waals surface area contributed by atoms with Crippen LogP contribution in [-0.4, -0.2) is 62.1 Å². The molecule has 0 aliphatic carbocycles. The van der Waals surface area contributed by atoms with Crippen molar-refractivity contribution in [3.8, 4) is 0 Å². The maximum atomic E-state index is 11.2. The van der Waals surface area contributed by atoms with Crippen LogP contribution in [0, 0.1) is 0 Å². The van der Waals surface area contributed by atoms with Gasteiger partial charge >= 0.3 is 0 Å². The zero-order valence-corrected chi connectivity index (χ0v) is 9.20. The van der Waals surface area contributed by atoms with Crippen LogP contribution in [0.25, 0.3) is 0 Å². The summed E-state index contributed by atoms with van der Waals surface area (Å²) >= 11 is 0. The number of ether oxygens (including phenoxy) is 1. The molecule has 16 heavy (non-hydrogen) atoms. The van der Waals surface area contributed by atoms with E-state index in [1.807, 2.05) is 0 Å². The van der Waals surface area contributed by atoms with Crippen LogP contribution >= 0.6 is 0 Å². The minimum Gasteiger partial charge on any atom is -0.379 e. The highest BCUT2D eigenvalue weighted by atomic mass is 16.5. The summed E-state index contributed by atoms with van der Waals surface area (Å²) in [6.07, 6.45) is 0.266. The number of hydrogen-bond acceptors (Lipinski definition) is 5. The Bertz CT molecular complexity index is 276. The number of amides is 2. The van der Waals surface area contributed by atoms with Crippen LogP contribution < -0.4 is 10.6 Å². The Balaban J connectivity index is 1.64. The van der Waals surface area contributed by atoms with E-state index in [0.29, 0.717) is 0 Å². The molecule has 2 aliphatic heterocycles. The summed E-state index contributed by atoms with van der Waals surface area (Å²) in [6, 6.07) is -0.339. The third-order valence-corrected chi connectivity index (χ3v) is 2.89. The Kier molecular flexibility index (Phi) is 3.87. The Morgan fingerprint density at radius 1 is 1.38 bits per heavy atom. The zero-order valence-electron chi connectivity index (χ0n) is 9.20. The quantitative estimate of drug-likeness (QED) is 0.562. The lowest BCUT2D eigenvalue weighted by atomic mass is 10.2. The zero-order chi connectivity index (χ0) is 11.4. The topological polar surface area (TPSA) is 70.7 Å². The molecule has 2 amide bonds. The van der Waals surface area contributed by atoms with Crippen molar-refractivity contribution < 1.29 is 14.3 Å². The molecular weight excluding hydrogens is 210 g/mol. The molecule has 0 spiro atoms. The summed E-state index contributed by atoms with van der Waals surface area (Å²) in [7, 11) is 0. The molecule has 6 heteroatoms. The fourth-order valence-electron chi connectivity index (χ4n) is 1.94. The van der Waals surface area contributed by atoms with Gasteiger partial charge in [-0.2, -0.15) is 0 Å². The van der Waals surface area contributed by atoms with Crippen molar-refractivity contribution in [2.24, 2.45) is 0 Å². The molecule has 0 aromatic carbocycles. The first-order valence-electron chi connectivity index (χ1n) is 5.63. The fraction of sp³-hybridized carbons (Fsp3) is 0.800. The van der Waals surface area contributed by atoms with Crippen LogP contribution in [0.1, 0.15) is 6.42 Å². The SMILES string of the molecule is O=C1CC(NCCN2CCOCC2)C(=O)N1. The highest BCUT2D eigenvalue weighted by Gasteiger charge is 2.29. The minimum atomic E-state index is -0.339. The minimum absolute atomic E-state index is 0.186. The normalized spacial score (nSPS) is 27.1. The van der Waals surface area contributed by atoms with Crippen molar-refractivity contribution in [2.45, 2.75) is 12.5 Å². The van der Waals surface area contributed by atoms with Crippen LogP contribution in [0.5, 0.6) is 0 Å². The highest BCUT2D eigenvalue weighted by molar-refractivity contribution is 6.05. The Morgan fingerprint density at radius 2 is 2.12 bits per heavy atom. The van der Waals surface area contributed by atoms with Crippen LogP contribution in [0.3, 0.4) is 0 Å². The van der Waals surface area contributed by atoms with Gasteiger partial charge in [0, 0.05) is 26.2 Å². The number of nitrogens with zero attached hydrogens (tertiary/aromatic N) is 1. The van der Waals surface area contributed by atoms with Crippen molar-refractivity contribution >= 4 is 11.8 Å². The monoisotopic (exact) mass is 227 g/mol. The lowest BCUT2D eigenvalue weighted by Crippen LogP contribution is -2.44. The molecule has 2 heterocycles. The maximum absolute atomic E-state index is 11.2. The summed E-state index contributed by atoms with van der Waals surface area (Å²) in [6.45, 7) is 5.06. The van der Waals surface area contributed by atoms with Gasteiger partial charge in [0.05, 0.1) is 25.7 Å². The number of nitrogens with one attached hydrogen (secondary N) is 2. The molecule has 6 nitrogen and oxygen atoms in total. The lowest BCUT2D eigenvalue weighted by Gasteiger charge is -2.26. The first-order chi connectivity index (χ1) is 7.75. The number of hydrogen-bond donors (Lipinski definition) is 2. The Morgan fingerprint density at radius 3 is 2.75 bits per heavy atom. The number of carbonyl (C=O) groups excluding carboxylic acids is 2. The van der Waals surface area contributed by atoms with E-state index in [9.17, 15) is 9.59 Å². The van der Waals surface area contributed by atoms with E-state index in [1.165, 1.54) is 0 Å². The van der Waals surface area contributed by atoms with Gasteiger partial charge in [0.15, 0.2) is 0 Å². The van der Waals surface area contributed by atoms with Gasteiger partial charge in [0.25, 0.3) is 0 Å². The first-order valence-corrected chi connectivity index (χ1v) is 5.63. The van der Waals surface area contributed by atoms with E-state index in [-0.39, 0.29) is 24.3 Å². The van der Waals surface area contributed by atoms with E-state index >= 15 is 0 Å². The smallest absolute Gasteiger partial charge is 0.244 e. The fourth-order valence-corrected chi connectivity index (χ4v) is 1.94. The largest absolute Gasteiger partial charge is 0.379 e. The van der Waals surface area contributed by atoms with Gasteiger partial charge in [-0.3, -0.25) is 19.8 Å². The summed E-state index contributed by atoms with van der Waals surface area (Å²) in [5, 5.41) is 5.38. The van der Waals surface area contributed by atoms with Gasteiger partial charge < -0.3 is 10.1 Å². The molecule has 0 saturated carbocycles. The van der Waals surface area contributed by atoms with Crippen LogP contribution in [0.2, 0.25) is 0 Å². The van der Waals surface area contributed by atoms with Gasteiger partial charge in [-0.15, -0.1) is 0 Å². The van der Waals surface area contributed by atoms with E-state index in [1.54, 1.807) is 0 Å². The molecule has 0 radical (unpaired) electrons. The van der Waals surface area contributed by atoms with Crippen molar-refractivity contribution in [1.82, 2.24) is 15.5 Å². The highest BCUT2D eigenvalue weighted by Crippen LogP contribution is 2.01. The van der Waals surface area contributed by atoms with Gasteiger partial charge in [0.1, 0.15) is 0 Å². The molecule has 0 aromatic rings. The second-order valence-electron chi connectivity index (χ2n) is 4.08. The number of imide groups is 1. The molecule has 2 fully saturated rings. The van der Waals surface area contributed by atoms with Crippen molar-refractivity contribution in [2.75, 3.05) is 39.4 Å². The van der Waals surface area contributed by atoms with Gasteiger partial charge in [-0.25, -0.2) is 0 Å². The summed E-state index contributed by atoms with van der Waals surface area (Å²) in [4.78, 5) is 24.5. The van der Waals surface area contributed by atoms with E-state index in [4.69, 9.17) is 4.74 Å². The summed E-state index contributed by atoms with van der Waals surface area (Å²) in [5.41, 5.74) is 0. The number of morpholine rings is 1. The molecule has 2 aliphatic rings. The van der Waals surface area contributed by atoms with Gasteiger partial charge in [-0.05, 0) is 0 Å². The molecule has 0 aromatic heterocycles. The Hall–Kier alpha value is -0.980. The van der Waals surface area contributed by atoms with Gasteiger partial charge in [0.2, 0.25) is 11.8 Å². The predicted molar refractivity (Wildman–Crippen MR) is 56.8 cm³/mol.